The van der Waals surface area contributed by atoms with Crippen LogP contribution in [0.15, 0.2) is 46.2 Å². The molecule has 0 aliphatic heterocycles. The molecule has 0 saturated heterocycles. The zero-order valence-electron chi connectivity index (χ0n) is 14.2. The van der Waals surface area contributed by atoms with Crippen LogP contribution in [0, 0.1) is 0 Å². The maximum Gasteiger partial charge on any atom is 0.332 e. The molecular formula is C17H21N5O3. The van der Waals surface area contributed by atoms with Gasteiger partial charge in [-0.2, -0.15) is 0 Å². The van der Waals surface area contributed by atoms with Gasteiger partial charge in [-0.25, -0.2) is 9.78 Å². The van der Waals surface area contributed by atoms with E-state index < -0.39 is 17.4 Å². The predicted octanol–water partition coefficient (Wildman–Crippen LogP) is -0.416. The Labute approximate surface area is 144 Å². The van der Waals surface area contributed by atoms with Crippen LogP contribution in [0.2, 0.25) is 0 Å². The Bertz CT molecular complexity index is 987. The quantitative estimate of drug-likeness (QED) is 0.634. The minimum absolute atomic E-state index is 0.214. The molecular weight excluding hydrogens is 322 g/mol. The molecule has 2 N–H and O–H groups in total. The van der Waals surface area contributed by atoms with E-state index in [2.05, 4.69) is 10.3 Å². The number of aliphatic hydroxyl groups excluding tert-OH is 1. The molecule has 2 aromatic heterocycles. The first kappa shape index (κ1) is 17.1. The summed E-state index contributed by atoms with van der Waals surface area (Å²) in [6, 6.07) is 9.90. The van der Waals surface area contributed by atoms with Gasteiger partial charge >= 0.3 is 5.69 Å². The lowest BCUT2D eigenvalue weighted by Gasteiger charge is -2.13. The number of aryl methyl sites for hydroxylation is 1. The zero-order valence-corrected chi connectivity index (χ0v) is 14.2. The fourth-order valence-electron chi connectivity index (χ4n) is 2.81. The van der Waals surface area contributed by atoms with E-state index in [9.17, 15) is 14.7 Å². The van der Waals surface area contributed by atoms with Crippen LogP contribution in [0.25, 0.3) is 11.2 Å². The lowest BCUT2D eigenvalue weighted by Crippen LogP contribution is -2.38. The van der Waals surface area contributed by atoms with Crippen LogP contribution in [0.3, 0.4) is 0 Å². The van der Waals surface area contributed by atoms with Gasteiger partial charge in [-0.05, 0) is 5.56 Å². The van der Waals surface area contributed by atoms with Gasteiger partial charge in [-0.15, -0.1) is 0 Å². The van der Waals surface area contributed by atoms with Crippen LogP contribution in [-0.4, -0.2) is 36.4 Å². The topological polar surface area (TPSA) is 94.1 Å². The number of hydrogen-bond donors (Lipinski definition) is 2. The average Bonchev–Trinajstić information content (AvgIpc) is 3.02. The maximum atomic E-state index is 12.4. The van der Waals surface area contributed by atoms with E-state index in [-0.39, 0.29) is 6.54 Å². The van der Waals surface area contributed by atoms with Crippen molar-refractivity contribution in [3.63, 3.8) is 0 Å². The molecule has 25 heavy (non-hydrogen) atoms. The molecule has 3 rings (SSSR count). The third-order valence-corrected chi connectivity index (χ3v) is 4.18. The summed E-state index contributed by atoms with van der Waals surface area (Å²) in [6.07, 6.45) is 0.786. The first-order valence-electron chi connectivity index (χ1n) is 8.02. The molecule has 0 saturated carbocycles. The van der Waals surface area contributed by atoms with Gasteiger partial charge < -0.3 is 15.0 Å². The maximum absolute atomic E-state index is 12.4. The third kappa shape index (κ3) is 3.40. The van der Waals surface area contributed by atoms with Gasteiger partial charge in [0.05, 0.1) is 19.0 Å². The largest absolute Gasteiger partial charge is 0.390 e. The average molecular weight is 343 g/mol. The molecule has 132 valence electrons. The van der Waals surface area contributed by atoms with Gasteiger partial charge in [0.15, 0.2) is 11.2 Å². The fraction of sp³-hybridized carbons (Fsp3) is 0.353. The highest BCUT2D eigenvalue weighted by molar-refractivity contribution is 5.69. The van der Waals surface area contributed by atoms with E-state index >= 15 is 0 Å². The number of fused-ring (bicyclic) bond motifs is 1. The number of nitrogens with zero attached hydrogens (tertiary/aromatic N) is 4. The minimum Gasteiger partial charge on any atom is -0.390 e. The molecule has 0 spiro atoms. The number of nitrogens with one attached hydrogen (secondary N) is 1. The van der Waals surface area contributed by atoms with E-state index in [0.717, 1.165) is 10.1 Å². The molecule has 1 atom stereocenters. The van der Waals surface area contributed by atoms with Gasteiger partial charge in [0.1, 0.15) is 0 Å². The van der Waals surface area contributed by atoms with E-state index in [0.29, 0.717) is 24.3 Å². The second-order valence-corrected chi connectivity index (χ2v) is 6.05. The van der Waals surface area contributed by atoms with Gasteiger partial charge in [0, 0.05) is 27.2 Å². The summed E-state index contributed by atoms with van der Waals surface area (Å²) in [4.78, 5) is 28.4. The Kier molecular flexibility index (Phi) is 4.82. The summed E-state index contributed by atoms with van der Waals surface area (Å²) >= 11 is 0. The summed E-state index contributed by atoms with van der Waals surface area (Å²) in [5.41, 5.74) is 0.920. The number of rotatable bonds is 6. The lowest BCUT2D eigenvalue weighted by molar-refractivity contribution is 0.152. The van der Waals surface area contributed by atoms with Crippen LogP contribution in [0.5, 0.6) is 0 Å². The second-order valence-electron chi connectivity index (χ2n) is 6.05. The van der Waals surface area contributed by atoms with E-state index in [1.807, 2.05) is 30.3 Å². The highest BCUT2D eigenvalue weighted by atomic mass is 16.3. The van der Waals surface area contributed by atoms with E-state index in [1.54, 1.807) is 11.6 Å². The SMILES string of the molecule is Cn1c(=O)c2c(ncn2C[C@H](O)CNCc2ccccc2)n(C)c1=O. The zero-order chi connectivity index (χ0) is 18.0. The highest BCUT2D eigenvalue weighted by Gasteiger charge is 2.16. The van der Waals surface area contributed by atoms with Crippen molar-refractivity contribution in [2.24, 2.45) is 14.1 Å². The Hall–Kier alpha value is -2.71. The first-order valence-corrected chi connectivity index (χ1v) is 8.02. The van der Waals surface area contributed by atoms with Gasteiger partial charge in [-0.3, -0.25) is 13.9 Å². The molecule has 0 aliphatic rings. The van der Waals surface area contributed by atoms with Gasteiger partial charge in [0.25, 0.3) is 5.56 Å². The predicted molar refractivity (Wildman–Crippen MR) is 94.4 cm³/mol. The second kappa shape index (κ2) is 7.04. The summed E-state index contributed by atoms with van der Waals surface area (Å²) < 4.78 is 3.96. The number of hydrogen-bond acceptors (Lipinski definition) is 5. The molecule has 8 heteroatoms. The number of aromatic nitrogens is 4. The van der Waals surface area contributed by atoms with Crippen LogP contribution in [-0.2, 0) is 27.2 Å². The third-order valence-electron chi connectivity index (χ3n) is 4.18. The summed E-state index contributed by atoms with van der Waals surface area (Å²) in [7, 11) is 3.00. The van der Waals surface area contributed by atoms with Gasteiger partial charge in [-0.1, -0.05) is 30.3 Å². The standard InChI is InChI=1S/C17H21N5O3/c1-20-15-14(16(24)21(2)17(20)25)22(11-19-15)10-13(23)9-18-8-12-6-4-3-5-7-12/h3-7,11,13,18,23H,8-10H2,1-2H3/t13-/m1/s1. The molecule has 0 bridgehead atoms. The van der Waals surface area contributed by atoms with Crippen molar-refractivity contribution in [2.75, 3.05) is 6.54 Å². The van der Waals surface area contributed by atoms with Crippen molar-refractivity contribution in [2.45, 2.75) is 19.2 Å². The molecule has 0 amide bonds. The summed E-state index contributed by atoms with van der Waals surface area (Å²) in [5, 5.41) is 13.4. The highest BCUT2D eigenvalue weighted by Crippen LogP contribution is 2.06. The minimum atomic E-state index is -0.692. The smallest absolute Gasteiger partial charge is 0.332 e. The van der Waals surface area contributed by atoms with Crippen LogP contribution in [0.4, 0.5) is 0 Å². The Morgan fingerprint density at radius 1 is 1.16 bits per heavy atom. The normalized spacial score (nSPS) is 12.6. The molecule has 1 aromatic carbocycles. The van der Waals surface area contributed by atoms with E-state index in [4.69, 9.17) is 0 Å². The molecule has 3 aromatic rings. The lowest BCUT2D eigenvalue weighted by atomic mass is 10.2. The summed E-state index contributed by atoms with van der Waals surface area (Å²) in [6.45, 7) is 1.24. The van der Waals surface area contributed by atoms with E-state index in [1.165, 1.54) is 17.9 Å². The molecule has 0 fully saturated rings. The number of aliphatic hydroxyl groups is 1. The van der Waals surface area contributed by atoms with Crippen molar-refractivity contribution < 1.29 is 5.11 Å². The molecule has 8 nitrogen and oxygen atoms in total. The van der Waals surface area contributed by atoms with Crippen molar-refractivity contribution >= 4 is 11.2 Å². The Morgan fingerprint density at radius 2 is 1.88 bits per heavy atom. The van der Waals surface area contributed by atoms with Crippen molar-refractivity contribution in [3.8, 4) is 0 Å². The summed E-state index contributed by atoms with van der Waals surface area (Å²) in [5.74, 6) is 0. The van der Waals surface area contributed by atoms with Crippen LogP contribution >= 0.6 is 0 Å². The van der Waals surface area contributed by atoms with Gasteiger partial charge in [0.2, 0.25) is 0 Å². The fourth-order valence-corrected chi connectivity index (χ4v) is 2.81. The van der Waals surface area contributed by atoms with Crippen LogP contribution in [0.1, 0.15) is 5.56 Å². The molecule has 2 heterocycles. The van der Waals surface area contributed by atoms with Crippen molar-refractivity contribution in [3.05, 3.63) is 63.1 Å². The monoisotopic (exact) mass is 343 g/mol. The van der Waals surface area contributed by atoms with Crippen molar-refractivity contribution in [1.82, 2.24) is 24.0 Å². The number of benzene rings is 1. The molecule has 0 unspecified atom stereocenters. The number of imidazole rings is 1. The molecule has 0 aliphatic carbocycles. The van der Waals surface area contributed by atoms with Crippen molar-refractivity contribution in [1.29, 1.82) is 0 Å². The first-order chi connectivity index (χ1) is 12.0. The molecule has 0 radical (unpaired) electrons. The van der Waals surface area contributed by atoms with Crippen LogP contribution < -0.4 is 16.6 Å². The Morgan fingerprint density at radius 3 is 2.60 bits per heavy atom. The Balaban J connectivity index is 1.72.